The Balaban J connectivity index is 2.85. The molecule has 0 aliphatic carbocycles. The Morgan fingerprint density at radius 1 is 1.53 bits per heavy atom. The molecule has 1 aromatic rings. The van der Waals surface area contributed by atoms with Gasteiger partial charge in [0.15, 0.2) is 0 Å². The van der Waals surface area contributed by atoms with E-state index in [0.717, 1.165) is 5.56 Å². The van der Waals surface area contributed by atoms with Crippen molar-refractivity contribution in [3.63, 3.8) is 0 Å². The van der Waals surface area contributed by atoms with Crippen molar-refractivity contribution in [2.24, 2.45) is 10.7 Å². The van der Waals surface area contributed by atoms with E-state index in [2.05, 4.69) is 4.99 Å². The molecule has 0 fully saturated rings. The van der Waals surface area contributed by atoms with E-state index in [1.807, 2.05) is 6.92 Å². The summed E-state index contributed by atoms with van der Waals surface area (Å²) in [6.45, 7) is 3.98. The van der Waals surface area contributed by atoms with Gasteiger partial charge >= 0.3 is 0 Å². The van der Waals surface area contributed by atoms with Crippen LogP contribution in [-0.4, -0.2) is 19.7 Å². The van der Waals surface area contributed by atoms with Gasteiger partial charge in [-0.15, -0.1) is 0 Å². The molecule has 0 aromatic heterocycles. The molecule has 0 aliphatic heterocycles. The van der Waals surface area contributed by atoms with E-state index in [9.17, 15) is 4.39 Å². The third-order valence-corrected chi connectivity index (χ3v) is 2.64. The molecule has 94 valence electrons. The average molecular weight is 239 g/mol. The predicted molar refractivity (Wildman–Crippen MR) is 67.5 cm³/mol. The Hall–Kier alpha value is -1.78. The highest BCUT2D eigenvalue weighted by molar-refractivity contribution is 5.71. The first-order valence-corrected chi connectivity index (χ1v) is 5.36. The van der Waals surface area contributed by atoms with Crippen LogP contribution in [0.5, 0.6) is 0 Å². The second-order valence-electron chi connectivity index (χ2n) is 3.99. The summed E-state index contributed by atoms with van der Waals surface area (Å²) in [4.78, 5) is 3.69. The van der Waals surface area contributed by atoms with Crippen molar-refractivity contribution >= 4 is 11.7 Å². The van der Waals surface area contributed by atoms with Crippen molar-refractivity contribution in [2.75, 3.05) is 19.4 Å². The largest absolute Gasteiger partial charge is 0.465 e. The SMILES string of the molecule is CN=C(N)OC[C@H](C)c1cc(N)cc(F)c1C. The zero-order chi connectivity index (χ0) is 13.0. The summed E-state index contributed by atoms with van der Waals surface area (Å²) in [5, 5.41) is 0. The van der Waals surface area contributed by atoms with Crippen LogP contribution in [0.25, 0.3) is 0 Å². The van der Waals surface area contributed by atoms with Crippen molar-refractivity contribution in [1.29, 1.82) is 0 Å². The maximum Gasteiger partial charge on any atom is 0.281 e. The second kappa shape index (κ2) is 5.52. The third kappa shape index (κ3) is 3.34. The summed E-state index contributed by atoms with van der Waals surface area (Å²) in [6, 6.07) is 3.19. The number of nitrogen functional groups attached to an aromatic ring is 1. The van der Waals surface area contributed by atoms with Crippen molar-refractivity contribution in [2.45, 2.75) is 19.8 Å². The maximum atomic E-state index is 13.5. The molecule has 0 saturated carbocycles. The fraction of sp³-hybridized carbons (Fsp3) is 0.417. The number of nitrogens with zero attached hydrogens (tertiary/aromatic N) is 1. The van der Waals surface area contributed by atoms with Gasteiger partial charge in [0.05, 0.1) is 6.61 Å². The lowest BCUT2D eigenvalue weighted by molar-refractivity contribution is 0.277. The number of nitrogens with two attached hydrogens (primary N) is 2. The standard InChI is InChI=1S/C12H18FN3O/c1-7(6-17-12(15)16-3)10-4-9(14)5-11(13)8(10)2/h4-5,7H,6,14H2,1-3H3,(H2,15,16)/t7-/m0/s1. The van der Waals surface area contributed by atoms with Gasteiger partial charge in [0.1, 0.15) is 5.82 Å². The van der Waals surface area contributed by atoms with Crippen molar-refractivity contribution < 1.29 is 9.13 Å². The molecule has 4 N–H and O–H groups in total. The van der Waals surface area contributed by atoms with Gasteiger partial charge < -0.3 is 16.2 Å². The number of ether oxygens (including phenoxy) is 1. The predicted octanol–water partition coefficient (Wildman–Crippen LogP) is 1.78. The molecule has 0 amide bonds. The normalized spacial score (nSPS) is 13.5. The fourth-order valence-corrected chi connectivity index (χ4v) is 1.60. The van der Waals surface area contributed by atoms with Crippen LogP contribution in [0.4, 0.5) is 10.1 Å². The number of rotatable bonds is 3. The minimum absolute atomic E-state index is 0.00620. The molecule has 0 heterocycles. The Morgan fingerprint density at radius 2 is 2.18 bits per heavy atom. The van der Waals surface area contributed by atoms with Gasteiger partial charge in [-0.05, 0) is 30.2 Å². The first-order chi connectivity index (χ1) is 7.95. The molecular formula is C12H18FN3O. The molecule has 5 heteroatoms. The lowest BCUT2D eigenvalue weighted by Gasteiger charge is -2.16. The van der Waals surface area contributed by atoms with Crippen LogP contribution in [-0.2, 0) is 4.74 Å². The number of halogens is 1. The topological polar surface area (TPSA) is 73.6 Å². The fourth-order valence-electron chi connectivity index (χ4n) is 1.60. The lowest BCUT2D eigenvalue weighted by atomic mass is 9.96. The van der Waals surface area contributed by atoms with Crippen molar-refractivity contribution in [3.8, 4) is 0 Å². The first-order valence-electron chi connectivity index (χ1n) is 5.36. The monoisotopic (exact) mass is 239 g/mol. The van der Waals surface area contributed by atoms with E-state index < -0.39 is 0 Å². The Labute approximate surface area is 100 Å². The van der Waals surface area contributed by atoms with Crippen molar-refractivity contribution in [3.05, 3.63) is 29.1 Å². The number of hydrogen-bond donors (Lipinski definition) is 2. The highest BCUT2D eigenvalue weighted by Crippen LogP contribution is 2.24. The van der Waals surface area contributed by atoms with Crippen LogP contribution in [0, 0.1) is 12.7 Å². The summed E-state index contributed by atoms with van der Waals surface area (Å²) >= 11 is 0. The summed E-state index contributed by atoms with van der Waals surface area (Å²) < 4.78 is 18.7. The van der Waals surface area contributed by atoms with Gasteiger partial charge in [-0.3, -0.25) is 0 Å². The van der Waals surface area contributed by atoms with Gasteiger partial charge in [-0.2, -0.15) is 0 Å². The van der Waals surface area contributed by atoms with Crippen molar-refractivity contribution in [1.82, 2.24) is 0 Å². The van der Waals surface area contributed by atoms with E-state index in [1.165, 1.54) is 6.07 Å². The van der Waals surface area contributed by atoms with Crippen LogP contribution in [0.3, 0.4) is 0 Å². The van der Waals surface area contributed by atoms with E-state index in [-0.39, 0.29) is 17.8 Å². The Kier molecular flexibility index (Phi) is 4.31. The van der Waals surface area contributed by atoms with Crippen LogP contribution in [0.15, 0.2) is 17.1 Å². The summed E-state index contributed by atoms with van der Waals surface area (Å²) in [5.74, 6) is -0.308. The third-order valence-electron chi connectivity index (χ3n) is 2.64. The second-order valence-corrected chi connectivity index (χ2v) is 3.99. The summed E-state index contributed by atoms with van der Waals surface area (Å²) in [7, 11) is 1.55. The quantitative estimate of drug-likeness (QED) is 0.479. The Morgan fingerprint density at radius 3 is 2.76 bits per heavy atom. The minimum Gasteiger partial charge on any atom is -0.465 e. The van der Waals surface area contributed by atoms with Gasteiger partial charge in [-0.25, -0.2) is 9.38 Å². The van der Waals surface area contributed by atoms with Crippen LogP contribution in [0.2, 0.25) is 0 Å². The zero-order valence-electron chi connectivity index (χ0n) is 10.3. The summed E-state index contributed by atoms with van der Waals surface area (Å²) in [5.41, 5.74) is 12.9. The number of benzene rings is 1. The molecule has 0 spiro atoms. The number of aliphatic imine (C=N–C) groups is 1. The smallest absolute Gasteiger partial charge is 0.281 e. The molecule has 17 heavy (non-hydrogen) atoms. The molecule has 0 aliphatic rings. The average Bonchev–Trinajstić information content (AvgIpc) is 2.30. The van der Waals surface area contributed by atoms with Gasteiger partial charge in [0.25, 0.3) is 6.02 Å². The number of anilines is 1. The highest BCUT2D eigenvalue weighted by atomic mass is 19.1. The molecule has 0 unspecified atom stereocenters. The van der Waals surface area contributed by atoms with Crippen LogP contribution < -0.4 is 11.5 Å². The minimum atomic E-state index is -0.302. The highest BCUT2D eigenvalue weighted by Gasteiger charge is 2.13. The number of hydrogen-bond acceptors (Lipinski definition) is 3. The van der Waals surface area contributed by atoms with E-state index in [0.29, 0.717) is 17.9 Å². The molecule has 0 radical (unpaired) electrons. The Bertz CT molecular complexity index is 432. The molecule has 0 bridgehead atoms. The molecular weight excluding hydrogens is 221 g/mol. The molecule has 0 saturated heterocycles. The van der Waals surface area contributed by atoms with E-state index in [1.54, 1.807) is 20.0 Å². The number of amidine groups is 1. The van der Waals surface area contributed by atoms with Gasteiger partial charge in [0.2, 0.25) is 0 Å². The molecule has 1 aromatic carbocycles. The zero-order valence-corrected chi connectivity index (χ0v) is 10.3. The van der Waals surface area contributed by atoms with E-state index in [4.69, 9.17) is 16.2 Å². The van der Waals surface area contributed by atoms with Crippen LogP contribution >= 0.6 is 0 Å². The van der Waals surface area contributed by atoms with Crippen LogP contribution in [0.1, 0.15) is 24.0 Å². The van der Waals surface area contributed by atoms with E-state index >= 15 is 0 Å². The molecule has 1 rings (SSSR count). The maximum absolute atomic E-state index is 13.5. The summed E-state index contributed by atoms with van der Waals surface area (Å²) in [6.07, 6.45) is 0. The van der Waals surface area contributed by atoms with Gasteiger partial charge in [0, 0.05) is 18.7 Å². The van der Waals surface area contributed by atoms with Gasteiger partial charge in [-0.1, -0.05) is 6.92 Å². The lowest BCUT2D eigenvalue weighted by Crippen LogP contribution is -2.19. The first kappa shape index (κ1) is 13.3. The molecule has 4 nitrogen and oxygen atoms in total. The molecule has 1 atom stereocenters.